The van der Waals surface area contributed by atoms with Crippen molar-refractivity contribution in [1.29, 1.82) is 0 Å². The quantitative estimate of drug-likeness (QED) is 0.778. The van der Waals surface area contributed by atoms with Crippen molar-refractivity contribution in [2.24, 2.45) is 0 Å². The van der Waals surface area contributed by atoms with Crippen molar-refractivity contribution in [2.45, 2.75) is 23.5 Å². The fourth-order valence-corrected chi connectivity index (χ4v) is 3.46. The van der Waals surface area contributed by atoms with Crippen LogP contribution in [0, 0.1) is 0 Å². The molecule has 0 bridgehead atoms. The summed E-state index contributed by atoms with van der Waals surface area (Å²) < 4.78 is 11.6. The predicted octanol–water partition coefficient (Wildman–Crippen LogP) is 4.28. The van der Waals surface area contributed by atoms with Crippen LogP contribution in [0.25, 0.3) is 11.1 Å². The van der Waals surface area contributed by atoms with Crippen LogP contribution in [0.2, 0.25) is 0 Å². The number of para-hydroxylation sites is 1. The van der Waals surface area contributed by atoms with E-state index in [0.717, 1.165) is 17.7 Å². The normalized spacial score (nSPS) is 25.0. The third kappa shape index (κ3) is 2.60. The number of halogens is 1. The Bertz CT molecular complexity index is 570. The van der Waals surface area contributed by atoms with Crippen LogP contribution >= 0.6 is 15.9 Å². The van der Waals surface area contributed by atoms with Crippen LogP contribution in [-0.2, 0) is 4.74 Å². The van der Waals surface area contributed by atoms with Gasteiger partial charge in [0, 0.05) is 23.9 Å². The van der Waals surface area contributed by atoms with Gasteiger partial charge in [0.2, 0.25) is 0 Å². The van der Waals surface area contributed by atoms with Gasteiger partial charge in [-0.2, -0.15) is 0 Å². The maximum atomic E-state index is 6.15. The highest BCUT2D eigenvalue weighted by Crippen LogP contribution is 2.37. The van der Waals surface area contributed by atoms with Gasteiger partial charge in [0.05, 0.1) is 0 Å². The molecule has 1 saturated carbocycles. The molecule has 3 unspecified atom stereocenters. The molecule has 3 atom stereocenters. The van der Waals surface area contributed by atoms with Crippen LogP contribution in [0.4, 0.5) is 0 Å². The third-order valence-electron chi connectivity index (χ3n) is 3.70. The van der Waals surface area contributed by atoms with Crippen LogP contribution < -0.4 is 4.74 Å². The van der Waals surface area contributed by atoms with E-state index in [9.17, 15) is 0 Å². The average Bonchev–Trinajstić information content (AvgIpc) is 2.48. The van der Waals surface area contributed by atoms with Crippen molar-refractivity contribution in [1.82, 2.24) is 0 Å². The van der Waals surface area contributed by atoms with Crippen molar-refractivity contribution >= 4 is 15.9 Å². The first-order valence-electron chi connectivity index (χ1n) is 6.77. The number of alkyl halides is 1. The lowest BCUT2D eigenvalue weighted by Gasteiger charge is -2.40. The Morgan fingerprint density at radius 2 is 1.70 bits per heavy atom. The summed E-state index contributed by atoms with van der Waals surface area (Å²) in [6.45, 7) is 0. The van der Waals surface area contributed by atoms with Gasteiger partial charge in [0.15, 0.2) is 0 Å². The monoisotopic (exact) mass is 332 g/mol. The van der Waals surface area contributed by atoms with Crippen LogP contribution in [0.3, 0.4) is 0 Å². The summed E-state index contributed by atoms with van der Waals surface area (Å²) in [5.41, 5.74) is 2.30. The lowest BCUT2D eigenvalue weighted by atomic mass is 9.91. The molecule has 1 aliphatic rings. The van der Waals surface area contributed by atoms with Gasteiger partial charge in [-0.15, -0.1) is 0 Å². The molecule has 2 nitrogen and oxygen atoms in total. The highest BCUT2D eigenvalue weighted by atomic mass is 79.9. The molecule has 0 spiro atoms. The summed E-state index contributed by atoms with van der Waals surface area (Å²) in [4.78, 5) is 0.390. The summed E-state index contributed by atoms with van der Waals surface area (Å²) in [6, 6.07) is 18.5. The SMILES string of the molecule is COC1C(Br)CC1Oc1ccccc1-c1ccccc1. The molecule has 0 aliphatic heterocycles. The number of methoxy groups -OCH3 is 1. The minimum Gasteiger partial charge on any atom is -0.487 e. The van der Waals surface area contributed by atoms with Gasteiger partial charge in [-0.3, -0.25) is 0 Å². The second kappa shape index (κ2) is 5.98. The van der Waals surface area contributed by atoms with Crippen molar-refractivity contribution in [2.75, 3.05) is 7.11 Å². The summed E-state index contributed by atoms with van der Waals surface area (Å²) in [5, 5.41) is 0. The molecule has 3 heteroatoms. The van der Waals surface area contributed by atoms with E-state index in [1.807, 2.05) is 36.4 Å². The molecular weight excluding hydrogens is 316 g/mol. The molecule has 0 saturated heterocycles. The summed E-state index contributed by atoms with van der Waals surface area (Å²) in [6.07, 6.45) is 1.22. The van der Waals surface area contributed by atoms with Gasteiger partial charge in [-0.25, -0.2) is 0 Å². The van der Waals surface area contributed by atoms with Gasteiger partial charge in [0.25, 0.3) is 0 Å². The molecule has 104 valence electrons. The van der Waals surface area contributed by atoms with Gasteiger partial charge >= 0.3 is 0 Å². The summed E-state index contributed by atoms with van der Waals surface area (Å²) >= 11 is 3.60. The van der Waals surface area contributed by atoms with Crippen LogP contribution in [0.1, 0.15) is 6.42 Å². The van der Waals surface area contributed by atoms with Crippen LogP contribution in [0.15, 0.2) is 54.6 Å². The fraction of sp³-hybridized carbons (Fsp3) is 0.294. The highest BCUT2D eigenvalue weighted by Gasteiger charge is 2.41. The number of benzene rings is 2. The molecule has 0 radical (unpaired) electrons. The number of hydrogen-bond acceptors (Lipinski definition) is 2. The Morgan fingerprint density at radius 1 is 1.00 bits per heavy atom. The molecular formula is C17H17BrO2. The predicted molar refractivity (Wildman–Crippen MR) is 84.4 cm³/mol. The maximum absolute atomic E-state index is 6.15. The standard InChI is InChI=1S/C17H17BrO2/c1-19-17-14(18)11-16(17)20-15-10-6-5-9-13(15)12-7-3-2-4-8-12/h2-10,14,16-17H,11H2,1H3. The lowest BCUT2D eigenvalue weighted by molar-refractivity contribution is -0.0542. The molecule has 0 amide bonds. The fourth-order valence-electron chi connectivity index (χ4n) is 2.53. The van der Waals surface area contributed by atoms with Crippen LogP contribution in [0.5, 0.6) is 5.75 Å². The Labute approximate surface area is 127 Å². The van der Waals surface area contributed by atoms with E-state index in [4.69, 9.17) is 9.47 Å². The second-order valence-corrected chi connectivity index (χ2v) is 6.15. The molecule has 0 N–H and O–H groups in total. The van der Waals surface area contributed by atoms with Crippen molar-refractivity contribution in [3.8, 4) is 16.9 Å². The number of ether oxygens (including phenoxy) is 2. The van der Waals surface area contributed by atoms with Crippen molar-refractivity contribution < 1.29 is 9.47 Å². The molecule has 2 aromatic rings. The first-order chi connectivity index (χ1) is 9.79. The minimum atomic E-state index is 0.120. The smallest absolute Gasteiger partial charge is 0.127 e. The van der Waals surface area contributed by atoms with E-state index >= 15 is 0 Å². The van der Waals surface area contributed by atoms with Gasteiger partial charge in [-0.1, -0.05) is 64.5 Å². The Balaban J connectivity index is 1.84. The van der Waals surface area contributed by atoms with E-state index in [2.05, 4.69) is 34.1 Å². The lowest BCUT2D eigenvalue weighted by Crippen LogP contribution is -2.51. The zero-order valence-electron chi connectivity index (χ0n) is 11.3. The van der Waals surface area contributed by atoms with E-state index in [0.29, 0.717) is 4.83 Å². The second-order valence-electron chi connectivity index (χ2n) is 4.97. The minimum absolute atomic E-state index is 0.120. The van der Waals surface area contributed by atoms with Crippen molar-refractivity contribution in [3.05, 3.63) is 54.6 Å². The zero-order valence-corrected chi connectivity index (χ0v) is 12.9. The van der Waals surface area contributed by atoms with E-state index in [-0.39, 0.29) is 12.2 Å². The van der Waals surface area contributed by atoms with E-state index < -0.39 is 0 Å². The average molecular weight is 333 g/mol. The zero-order chi connectivity index (χ0) is 13.9. The Kier molecular flexibility index (Phi) is 4.08. The molecule has 0 heterocycles. The van der Waals surface area contributed by atoms with Crippen molar-refractivity contribution in [3.63, 3.8) is 0 Å². The molecule has 1 fully saturated rings. The number of hydrogen-bond donors (Lipinski definition) is 0. The Hall–Kier alpha value is -1.32. The first-order valence-corrected chi connectivity index (χ1v) is 7.69. The Morgan fingerprint density at radius 3 is 2.40 bits per heavy atom. The molecule has 20 heavy (non-hydrogen) atoms. The van der Waals surface area contributed by atoms with E-state index in [1.165, 1.54) is 5.56 Å². The van der Waals surface area contributed by atoms with Gasteiger partial charge in [0.1, 0.15) is 18.0 Å². The van der Waals surface area contributed by atoms with Gasteiger partial charge < -0.3 is 9.47 Å². The van der Waals surface area contributed by atoms with Gasteiger partial charge in [-0.05, 0) is 11.6 Å². The van der Waals surface area contributed by atoms with Crippen LogP contribution in [-0.4, -0.2) is 24.1 Å². The third-order valence-corrected chi connectivity index (χ3v) is 4.60. The molecule has 3 rings (SSSR count). The highest BCUT2D eigenvalue weighted by molar-refractivity contribution is 9.09. The topological polar surface area (TPSA) is 18.5 Å². The number of rotatable bonds is 4. The maximum Gasteiger partial charge on any atom is 0.127 e. The summed E-state index contributed by atoms with van der Waals surface area (Å²) in [5.74, 6) is 0.921. The molecule has 1 aliphatic carbocycles. The molecule has 0 aromatic heterocycles. The molecule has 2 aromatic carbocycles. The largest absolute Gasteiger partial charge is 0.487 e. The van der Waals surface area contributed by atoms with E-state index in [1.54, 1.807) is 7.11 Å². The summed E-state index contributed by atoms with van der Waals surface area (Å²) in [7, 11) is 1.73. The first kappa shape index (κ1) is 13.7.